The SMILES string of the molecule is CCCn1nncc1C(CC(C)(C)OC)NN. The van der Waals surface area contributed by atoms with Crippen molar-refractivity contribution in [2.75, 3.05) is 7.11 Å². The molecule has 1 unspecified atom stereocenters. The molecule has 1 atom stereocenters. The number of nitrogens with one attached hydrogen (secondary N) is 1. The monoisotopic (exact) mass is 241 g/mol. The van der Waals surface area contributed by atoms with E-state index in [0.717, 1.165) is 25.1 Å². The van der Waals surface area contributed by atoms with Gasteiger partial charge in [-0.25, -0.2) is 4.68 Å². The molecule has 0 aliphatic carbocycles. The second-order valence-electron chi connectivity index (χ2n) is 4.77. The van der Waals surface area contributed by atoms with Gasteiger partial charge in [0.15, 0.2) is 0 Å². The third-order valence-corrected chi connectivity index (χ3v) is 2.89. The molecule has 1 aromatic heterocycles. The van der Waals surface area contributed by atoms with E-state index in [0.29, 0.717) is 0 Å². The average molecular weight is 241 g/mol. The van der Waals surface area contributed by atoms with Crippen LogP contribution in [0.1, 0.15) is 45.3 Å². The van der Waals surface area contributed by atoms with Crippen LogP contribution in [0.15, 0.2) is 6.20 Å². The topological polar surface area (TPSA) is 78.0 Å². The number of rotatable bonds is 7. The van der Waals surface area contributed by atoms with Crippen molar-refractivity contribution >= 4 is 0 Å². The fraction of sp³-hybridized carbons (Fsp3) is 0.818. The molecule has 6 heteroatoms. The molecule has 1 rings (SSSR count). The van der Waals surface area contributed by atoms with E-state index in [-0.39, 0.29) is 11.6 Å². The molecule has 0 aliphatic heterocycles. The number of aromatic nitrogens is 3. The number of hydrogen-bond acceptors (Lipinski definition) is 5. The third-order valence-electron chi connectivity index (χ3n) is 2.89. The van der Waals surface area contributed by atoms with E-state index in [2.05, 4.69) is 22.7 Å². The minimum Gasteiger partial charge on any atom is -0.379 e. The summed E-state index contributed by atoms with van der Waals surface area (Å²) in [6.45, 7) is 7.02. The standard InChI is InChI=1S/C11H23N5O/c1-5-6-16-10(8-13-15-16)9(14-12)7-11(2,3)17-4/h8-9,14H,5-7,12H2,1-4H3. The predicted octanol–water partition coefficient (Wildman–Crippen LogP) is 1.01. The molecule has 0 bridgehead atoms. The summed E-state index contributed by atoms with van der Waals surface area (Å²) in [5.41, 5.74) is 3.57. The minimum absolute atomic E-state index is 0.00787. The van der Waals surface area contributed by atoms with E-state index in [4.69, 9.17) is 10.6 Å². The van der Waals surface area contributed by atoms with Gasteiger partial charge in [0.05, 0.1) is 23.5 Å². The Morgan fingerprint density at radius 1 is 1.59 bits per heavy atom. The third kappa shape index (κ3) is 3.76. The highest BCUT2D eigenvalue weighted by Crippen LogP contribution is 2.24. The molecule has 98 valence electrons. The minimum atomic E-state index is -0.238. The molecule has 6 nitrogen and oxygen atoms in total. The summed E-state index contributed by atoms with van der Waals surface area (Å²) in [7, 11) is 1.70. The lowest BCUT2D eigenvalue weighted by Crippen LogP contribution is -2.36. The van der Waals surface area contributed by atoms with Crippen LogP contribution in [-0.2, 0) is 11.3 Å². The summed E-state index contributed by atoms with van der Waals surface area (Å²) in [5, 5.41) is 8.00. The van der Waals surface area contributed by atoms with E-state index in [9.17, 15) is 0 Å². The molecule has 0 saturated heterocycles. The van der Waals surface area contributed by atoms with E-state index in [1.165, 1.54) is 0 Å². The van der Waals surface area contributed by atoms with Crippen molar-refractivity contribution in [2.24, 2.45) is 5.84 Å². The van der Waals surface area contributed by atoms with Crippen LogP contribution in [0.3, 0.4) is 0 Å². The maximum atomic E-state index is 5.62. The Hall–Kier alpha value is -0.980. The van der Waals surface area contributed by atoms with Gasteiger partial charge in [-0.2, -0.15) is 0 Å². The van der Waals surface area contributed by atoms with E-state index >= 15 is 0 Å². The van der Waals surface area contributed by atoms with Gasteiger partial charge >= 0.3 is 0 Å². The molecular weight excluding hydrogens is 218 g/mol. The fourth-order valence-electron chi connectivity index (χ4n) is 1.74. The van der Waals surface area contributed by atoms with E-state index < -0.39 is 0 Å². The van der Waals surface area contributed by atoms with E-state index in [1.807, 2.05) is 18.5 Å². The van der Waals surface area contributed by atoms with Crippen molar-refractivity contribution in [3.63, 3.8) is 0 Å². The van der Waals surface area contributed by atoms with Gasteiger partial charge in [0.25, 0.3) is 0 Å². The highest BCUT2D eigenvalue weighted by atomic mass is 16.5. The zero-order chi connectivity index (χ0) is 12.9. The van der Waals surface area contributed by atoms with Crippen LogP contribution in [0, 0.1) is 0 Å². The zero-order valence-corrected chi connectivity index (χ0v) is 11.1. The molecule has 0 aliphatic rings. The number of methoxy groups -OCH3 is 1. The van der Waals surface area contributed by atoms with Crippen molar-refractivity contribution in [1.29, 1.82) is 0 Å². The summed E-state index contributed by atoms with van der Waals surface area (Å²) < 4.78 is 7.31. The lowest BCUT2D eigenvalue weighted by atomic mass is 9.97. The smallest absolute Gasteiger partial charge is 0.0771 e. The van der Waals surface area contributed by atoms with Gasteiger partial charge in [0, 0.05) is 13.7 Å². The Morgan fingerprint density at radius 2 is 2.29 bits per heavy atom. The molecule has 3 N–H and O–H groups in total. The fourth-order valence-corrected chi connectivity index (χ4v) is 1.74. The van der Waals surface area contributed by atoms with Crippen molar-refractivity contribution in [3.05, 3.63) is 11.9 Å². The van der Waals surface area contributed by atoms with Crippen LogP contribution < -0.4 is 11.3 Å². The molecule has 0 fully saturated rings. The molecule has 1 aromatic rings. The second-order valence-corrected chi connectivity index (χ2v) is 4.77. The van der Waals surface area contributed by atoms with Gasteiger partial charge in [-0.1, -0.05) is 12.1 Å². The zero-order valence-electron chi connectivity index (χ0n) is 11.1. The highest BCUT2D eigenvalue weighted by Gasteiger charge is 2.25. The van der Waals surface area contributed by atoms with Crippen LogP contribution in [0.5, 0.6) is 0 Å². The van der Waals surface area contributed by atoms with Crippen LogP contribution in [0.25, 0.3) is 0 Å². The van der Waals surface area contributed by atoms with Gasteiger partial charge in [0.2, 0.25) is 0 Å². The Balaban J connectivity index is 2.82. The Labute approximate surface area is 102 Å². The quantitative estimate of drug-likeness (QED) is 0.550. The summed E-state index contributed by atoms with van der Waals surface area (Å²) in [5.74, 6) is 5.62. The van der Waals surface area contributed by atoms with Gasteiger partial charge in [-0.15, -0.1) is 5.10 Å². The number of hydrogen-bond donors (Lipinski definition) is 2. The number of aryl methyl sites for hydroxylation is 1. The molecule has 0 spiro atoms. The molecule has 0 aromatic carbocycles. The maximum absolute atomic E-state index is 5.62. The Morgan fingerprint density at radius 3 is 2.82 bits per heavy atom. The Bertz CT molecular complexity index is 336. The van der Waals surface area contributed by atoms with Crippen molar-refractivity contribution < 1.29 is 4.74 Å². The van der Waals surface area contributed by atoms with Crippen LogP contribution >= 0.6 is 0 Å². The second kappa shape index (κ2) is 6.09. The van der Waals surface area contributed by atoms with Gasteiger partial charge in [0.1, 0.15) is 0 Å². The highest BCUT2D eigenvalue weighted by molar-refractivity contribution is 5.03. The largest absolute Gasteiger partial charge is 0.379 e. The predicted molar refractivity (Wildman–Crippen MR) is 66.1 cm³/mol. The number of nitrogens with zero attached hydrogens (tertiary/aromatic N) is 3. The molecule has 0 radical (unpaired) electrons. The van der Waals surface area contributed by atoms with Gasteiger partial charge in [-0.3, -0.25) is 11.3 Å². The van der Waals surface area contributed by atoms with Gasteiger partial charge in [-0.05, 0) is 26.7 Å². The molecular formula is C11H23N5O. The first-order valence-electron chi connectivity index (χ1n) is 5.93. The Kier molecular flexibility index (Phi) is 5.04. The first-order chi connectivity index (χ1) is 8.04. The number of ether oxygens (including phenoxy) is 1. The average Bonchev–Trinajstić information content (AvgIpc) is 2.75. The molecule has 17 heavy (non-hydrogen) atoms. The van der Waals surface area contributed by atoms with Crippen LogP contribution in [0.4, 0.5) is 0 Å². The summed E-state index contributed by atoms with van der Waals surface area (Å²) >= 11 is 0. The first kappa shape index (κ1) is 14.1. The summed E-state index contributed by atoms with van der Waals surface area (Å²) in [6.07, 6.45) is 3.53. The maximum Gasteiger partial charge on any atom is 0.0771 e. The van der Waals surface area contributed by atoms with Crippen LogP contribution in [0.2, 0.25) is 0 Å². The molecule has 0 amide bonds. The lowest BCUT2D eigenvalue weighted by molar-refractivity contribution is 0.00608. The normalized spacial score (nSPS) is 13.9. The van der Waals surface area contributed by atoms with Crippen molar-refractivity contribution in [2.45, 2.75) is 51.8 Å². The van der Waals surface area contributed by atoms with Crippen LogP contribution in [-0.4, -0.2) is 27.7 Å². The summed E-state index contributed by atoms with van der Waals surface area (Å²) in [4.78, 5) is 0. The summed E-state index contributed by atoms with van der Waals surface area (Å²) in [6, 6.07) is -0.00787. The number of nitrogens with two attached hydrogens (primary N) is 1. The van der Waals surface area contributed by atoms with Gasteiger partial charge < -0.3 is 4.74 Å². The first-order valence-corrected chi connectivity index (χ1v) is 5.93. The lowest BCUT2D eigenvalue weighted by Gasteiger charge is -2.28. The number of hydrazine groups is 1. The van der Waals surface area contributed by atoms with Crippen molar-refractivity contribution in [1.82, 2.24) is 20.4 Å². The molecule has 0 saturated carbocycles. The van der Waals surface area contributed by atoms with Crippen molar-refractivity contribution in [3.8, 4) is 0 Å². The van der Waals surface area contributed by atoms with E-state index in [1.54, 1.807) is 13.3 Å². The molecule has 1 heterocycles.